The van der Waals surface area contributed by atoms with E-state index in [2.05, 4.69) is 5.10 Å². The molecule has 108 valence electrons. The molecule has 0 fully saturated rings. The van der Waals surface area contributed by atoms with Gasteiger partial charge in [0.25, 0.3) is 5.56 Å². The summed E-state index contributed by atoms with van der Waals surface area (Å²) in [4.78, 5) is 22.1. The Hall–Kier alpha value is -2.89. The van der Waals surface area contributed by atoms with Gasteiger partial charge < -0.3 is 9.84 Å². The summed E-state index contributed by atoms with van der Waals surface area (Å²) in [5, 5.41) is 12.6. The summed E-state index contributed by atoms with van der Waals surface area (Å²) in [5.41, 5.74) is 1.43. The molecular formula is C15H14N2O4. The second-order valence-corrected chi connectivity index (χ2v) is 4.28. The van der Waals surface area contributed by atoms with Crippen LogP contribution in [0.1, 0.15) is 11.1 Å². The standard InChI is InChI=1S/C15H14N2O4/c1-21-13-7-8-14(18)17(16-13)10-12-4-2-11(3-5-12)6-9-15(19)20/h2-9H,10H2,1H3,(H,19,20)/b9-6+. The van der Waals surface area contributed by atoms with Gasteiger partial charge in [-0.25, -0.2) is 9.48 Å². The Morgan fingerprint density at radius 3 is 2.62 bits per heavy atom. The molecule has 6 nitrogen and oxygen atoms in total. The van der Waals surface area contributed by atoms with Crippen LogP contribution in [0, 0.1) is 0 Å². The fraction of sp³-hybridized carbons (Fsp3) is 0.133. The predicted molar refractivity (Wildman–Crippen MR) is 77.3 cm³/mol. The van der Waals surface area contributed by atoms with Gasteiger partial charge in [0.1, 0.15) is 0 Å². The Balaban J connectivity index is 2.17. The summed E-state index contributed by atoms with van der Waals surface area (Å²) in [6.07, 6.45) is 2.57. The van der Waals surface area contributed by atoms with Crippen LogP contribution in [0.3, 0.4) is 0 Å². The van der Waals surface area contributed by atoms with Crippen molar-refractivity contribution in [2.24, 2.45) is 0 Å². The average molecular weight is 286 g/mol. The number of rotatable bonds is 5. The van der Waals surface area contributed by atoms with Crippen LogP contribution >= 0.6 is 0 Å². The lowest BCUT2D eigenvalue weighted by Gasteiger charge is -2.06. The van der Waals surface area contributed by atoms with E-state index in [-0.39, 0.29) is 5.56 Å². The van der Waals surface area contributed by atoms with E-state index in [0.717, 1.165) is 17.2 Å². The molecule has 0 saturated carbocycles. The zero-order valence-electron chi connectivity index (χ0n) is 11.4. The lowest BCUT2D eigenvalue weighted by Crippen LogP contribution is -2.22. The SMILES string of the molecule is COc1ccc(=O)n(Cc2ccc(/C=C/C(=O)O)cc2)n1. The molecule has 0 aliphatic rings. The second kappa shape index (κ2) is 6.51. The topological polar surface area (TPSA) is 81.4 Å². The third-order valence-corrected chi connectivity index (χ3v) is 2.78. The van der Waals surface area contributed by atoms with Gasteiger partial charge in [-0.15, -0.1) is 5.10 Å². The first kappa shape index (κ1) is 14.5. The van der Waals surface area contributed by atoms with Crippen molar-refractivity contribution in [3.05, 3.63) is 64.0 Å². The van der Waals surface area contributed by atoms with Crippen LogP contribution in [0.4, 0.5) is 0 Å². The molecule has 1 aromatic heterocycles. The number of ether oxygens (including phenoxy) is 1. The Morgan fingerprint density at radius 1 is 1.29 bits per heavy atom. The van der Waals surface area contributed by atoms with Crippen LogP contribution in [-0.4, -0.2) is 28.0 Å². The van der Waals surface area contributed by atoms with Crippen molar-refractivity contribution in [1.82, 2.24) is 9.78 Å². The maximum Gasteiger partial charge on any atom is 0.328 e. The van der Waals surface area contributed by atoms with Gasteiger partial charge in [-0.2, -0.15) is 0 Å². The Morgan fingerprint density at radius 2 is 2.00 bits per heavy atom. The fourth-order valence-electron chi connectivity index (χ4n) is 1.73. The molecular weight excluding hydrogens is 272 g/mol. The highest BCUT2D eigenvalue weighted by molar-refractivity contribution is 5.85. The molecule has 0 atom stereocenters. The Bertz CT molecular complexity index is 717. The summed E-state index contributed by atoms with van der Waals surface area (Å²) in [6.45, 7) is 0.318. The minimum absolute atomic E-state index is 0.217. The Kier molecular flexibility index (Phi) is 4.50. The molecule has 2 rings (SSSR count). The molecule has 1 N–H and O–H groups in total. The molecule has 0 saturated heterocycles. The Labute approximate surface area is 120 Å². The number of carboxylic acids is 1. The summed E-state index contributed by atoms with van der Waals surface area (Å²) >= 11 is 0. The van der Waals surface area contributed by atoms with E-state index in [1.807, 2.05) is 12.1 Å². The lowest BCUT2D eigenvalue weighted by atomic mass is 10.1. The molecule has 1 aromatic carbocycles. The number of hydrogen-bond acceptors (Lipinski definition) is 4. The first-order chi connectivity index (χ1) is 10.1. The zero-order valence-corrected chi connectivity index (χ0v) is 11.4. The van der Waals surface area contributed by atoms with Gasteiger partial charge in [0.2, 0.25) is 5.88 Å². The molecule has 0 aliphatic heterocycles. The smallest absolute Gasteiger partial charge is 0.328 e. The summed E-state index contributed by atoms with van der Waals surface area (Å²) < 4.78 is 6.29. The highest BCUT2D eigenvalue weighted by Gasteiger charge is 2.02. The number of aromatic nitrogens is 2. The van der Waals surface area contributed by atoms with E-state index in [1.165, 1.54) is 30.0 Å². The number of carboxylic acid groups (broad SMARTS) is 1. The van der Waals surface area contributed by atoms with Gasteiger partial charge in [-0.05, 0) is 17.2 Å². The first-order valence-electron chi connectivity index (χ1n) is 6.20. The third-order valence-electron chi connectivity index (χ3n) is 2.78. The lowest BCUT2D eigenvalue weighted by molar-refractivity contribution is -0.131. The number of methoxy groups -OCH3 is 1. The van der Waals surface area contributed by atoms with E-state index in [0.29, 0.717) is 12.4 Å². The highest BCUT2D eigenvalue weighted by atomic mass is 16.5. The summed E-state index contributed by atoms with van der Waals surface area (Å²) in [7, 11) is 1.49. The largest absolute Gasteiger partial charge is 0.480 e. The van der Waals surface area contributed by atoms with Crippen LogP contribution in [0.25, 0.3) is 6.08 Å². The third kappa shape index (κ3) is 4.04. The monoisotopic (exact) mass is 286 g/mol. The quantitative estimate of drug-likeness (QED) is 0.840. The molecule has 0 unspecified atom stereocenters. The highest BCUT2D eigenvalue weighted by Crippen LogP contribution is 2.08. The van der Waals surface area contributed by atoms with Crippen molar-refractivity contribution in [2.75, 3.05) is 7.11 Å². The number of benzene rings is 1. The van der Waals surface area contributed by atoms with Crippen molar-refractivity contribution < 1.29 is 14.6 Å². The van der Waals surface area contributed by atoms with Crippen molar-refractivity contribution >= 4 is 12.0 Å². The molecule has 1 heterocycles. The normalized spacial score (nSPS) is 10.7. The van der Waals surface area contributed by atoms with Crippen LogP contribution in [0.5, 0.6) is 5.88 Å². The first-order valence-corrected chi connectivity index (χ1v) is 6.20. The molecule has 2 aromatic rings. The number of carbonyl (C=O) groups is 1. The van der Waals surface area contributed by atoms with Crippen LogP contribution in [0.15, 0.2) is 47.3 Å². The van der Waals surface area contributed by atoms with Crippen LogP contribution in [-0.2, 0) is 11.3 Å². The predicted octanol–water partition coefficient (Wildman–Crippen LogP) is 1.40. The van der Waals surface area contributed by atoms with E-state index in [4.69, 9.17) is 9.84 Å². The molecule has 0 bridgehead atoms. The minimum atomic E-state index is -0.994. The van der Waals surface area contributed by atoms with E-state index in [9.17, 15) is 9.59 Å². The van der Waals surface area contributed by atoms with Gasteiger partial charge in [-0.1, -0.05) is 24.3 Å². The maximum atomic E-state index is 11.7. The minimum Gasteiger partial charge on any atom is -0.480 e. The van der Waals surface area contributed by atoms with Crippen LogP contribution < -0.4 is 10.3 Å². The molecule has 21 heavy (non-hydrogen) atoms. The maximum absolute atomic E-state index is 11.7. The van der Waals surface area contributed by atoms with Crippen LogP contribution in [0.2, 0.25) is 0 Å². The number of aliphatic carboxylic acids is 1. The summed E-state index contributed by atoms with van der Waals surface area (Å²) in [5.74, 6) is -0.623. The second-order valence-electron chi connectivity index (χ2n) is 4.28. The number of hydrogen-bond donors (Lipinski definition) is 1. The van der Waals surface area contributed by atoms with Crippen molar-refractivity contribution in [3.8, 4) is 5.88 Å². The van der Waals surface area contributed by atoms with Gasteiger partial charge in [0.15, 0.2) is 0 Å². The molecule has 0 spiro atoms. The molecule has 0 aliphatic carbocycles. The molecule has 6 heteroatoms. The van der Waals surface area contributed by atoms with E-state index >= 15 is 0 Å². The van der Waals surface area contributed by atoms with Gasteiger partial charge in [0, 0.05) is 18.2 Å². The number of nitrogens with zero attached hydrogens (tertiary/aromatic N) is 2. The molecule has 0 radical (unpaired) electrons. The van der Waals surface area contributed by atoms with Crippen molar-refractivity contribution in [3.63, 3.8) is 0 Å². The fourth-order valence-corrected chi connectivity index (χ4v) is 1.73. The summed E-state index contributed by atoms with van der Waals surface area (Å²) in [6, 6.07) is 10.1. The van der Waals surface area contributed by atoms with Gasteiger partial charge in [0.05, 0.1) is 13.7 Å². The van der Waals surface area contributed by atoms with Crippen molar-refractivity contribution in [1.29, 1.82) is 0 Å². The van der Waals surface area contributed by atoms with Gasteiger partial charge >= 0.3 is 5.97 Å². The van der Waals surface area contributed by atoms with Gasteiger partial charge in [-0.3, -0.25) is 4.79 Å². The van der Waals surface area contributed by atoms with Crippen molar-refractivity contribution in [2.45, 2.75) is 6.54 Å². The zero-order chi connectivity index (χ0) is 15.2. The average Bonchev–Trinajstić information content (AvgIpc) is 2.48. The van der Waals surface area contributed by atoms with E-state index in [1.54, 1.807) is 12.1 Å². The van der Waals surface area contributed by atoms with E-state index < -0.39 is 5.97 Å². The molecule has 0 amide bonds.